The highest BCUT2D eigenvalue weighted by Gasteiger charge is 2.09. The van der Waals surface area contributed by atoms with Gasteiger partial charge in [-0.3, -0.25) is 0 Å². The van der Waals surface area contributed by atoms with Gasteiger partial charge in [-0.25, -0.2) is 0 Å². The molecule has 2 aromatic carbocycles. The number of benzene rings is 2. The summed E-state index contributed by atoms with van der Waals surface area (Å²) in [5.74, 6) is 0.135. The predicted molar refractivity (Wildman–Crippen MR) is 85.4 cm³/mol. The molecule has 0 aromatic heterocycles. The van der Waals surface area contributed by atoms with Crippen LogP contribution in [0, 0.1) is 6.92 Å². The van der Waals surface area contributed by atoms with E-state index in [0.29, 0.717) is 6.54 Å². The van der Waals surface area contributed by atoms with E-state index in [1.54, 1.807) is 0 Å². The number of hydrogen-bond acceptors (Lipinski definition) is 3. The van der Waals surface area contributed by atoms with Crippen LogP contribution in [0.1, 0.15) is 35.2 Å². The summed E-state index contributed by atoms with van der Waals surface area (Å²) in [6.45, 7) is 4.85. The first-order valence-corrected chi connectivity index (χ1v) is 6.97. The van der Waals surface area contributed by atoms with Gasteiger partial charge in [0, 0.05) is 18.2 Å². The second-order valence-electron chi connectivity index (χ2n) is 5.16. The van der Waals surface area contributed by atoms with Crippen molar-refractivity contribution in [2.24, 2.45) is 10.9 Å². The minimum absolute atomic E-state index is 0.135. The maximum atomic E-state index is 8.84. The van der Waals surface area contributed by atoms with Crippen LogP contribution in [0.15, 0.2) is 53.7 Å². The minimum atomic E-state index is 0.135. The van der Waals surface area contributed by atoms with Crippen LogP contribution in [-0.2, 0) is 6.54 Å². The molecule has 4 heteroatoms. The average Bonchev–Trinajstić information content (AvgIpc) is 2.52. The number of oxime groups is 1. The number of nitrogens with zero attached hydrogens (tertiary/aromatic N) is 1. The second kappa shape index (κ2) is 6.90. The molecule has 0 spiro atoms. The van der Waals surface area contributed by atoms with Crippen LogP contribution in [0.25, 0.3) is 0 Å². The molecule has 0 radical (unpaired) electrons. The fourth-order valence-corrected chi connectivity index (χ4v) is 2.21. The Hall–Kier alpha value is -2.33. The molecule has 0 aliphatic rings. The van der Waals surface area contributed by atoms with E-state index in [-0.39, 0.29) is 11.9 Å². The Labute approximate surface area is 125 Å². The van der Waals surface area contributed by atoms with E-state index in [0.717, 1.165) is 11.1 Å². The highest BCUT2D eigenvalue weighted by Crippen LogP contribution is 2.15. The Bertz CT molecular complexity index is 620. The lowest BCUT2D eigenvalue weighted by Gasteiger charge is -2.16. The minimum Gasteiger partial charge on any atom is -0.409 e. The van der Waals surface area contributed by atoms with Crippen LogP contribution < -0.4 is 11.1 Å². The summed E-state index contributed by atoms with van der Waals surface area (Å²) in [6, 6.07) is 16.3. The summed E-state index contributed by atoms with van der Waals surface area (Å²) in [7, 11) is 0. The van der Waals surface area contributed by atoms with E-state index >= 15 is 0 Å². The van der Waals surface area contributed by atoms with Crippen LogP contribution in [0.3, 0.4) is 0 Å². The topological polar surface area (TPSA) is 70.6 Å². The quantitative estimate of drug-likeness (QED) is 0.342. The number of hydrogen-bond donors (Lipinski definition) is 3. The zero-order valence-electron chi connectivity index (χ0n) is 12.4. The third-order valence-corrected chi connectivity index (χ3v) is 3.58. The first kappa shape index (κ1) is 15.1. The lowest BCUT2D eigenvalue weighted by molar-refractivity contribution is 0.318. The molecule has 0 aliphatic carbocycles. The van der Waals surface area contributed by atoms with Crippen molar-refractivity contribution in [1.29, 1.82) is 0 Å². The lowest BCUT2D eigenvalue weighted by Crippen LogP contribution is -2.22. The Morgan fingerprint density at radius 3 is 2.52 bits per heavy atom. The fourth-order valence-electron chi connectivity index (χ4n) is 2.21. The average molecular weight is 283 g/mol. The Morgan fingerprint density at radius 2 is 1.86 bits per heavy atom. The third-order valence-electron chi connectivity index (χ3n) is 3.58. The third kappa shape index (κ3) is 3.83. The fraction of sp³-hybridized carbons (Fsp3) is 0.235. The van der Waals surface area contributed by atoms with E-state index < -0.39 is 0 Å². The zero-order chi connectivity index (χ0) is 15.2. The molecule has 110 valence electrons. The Balaban J connectivity index is 2.08. The molecule has 0 saturated heterocycles. The molecule has 1 atom stereocenters. The molecule has 21 heavy (non-hydrogen) atoms. The van der Waals surface area contributed by atoms with Gasteiger partial charge in [-0.05, 0) is 25.0 Å². The molecule has 4 N–H and O–H groups in total. The summed E-state index contributed by atoms with van der Waals surface area (Å²) in [5.41, 5.74) is 9.95. The zero-order valence-corrected chi connectivity index (χ0v) is 12.4. The summed E-state index contributed by atoms with van der Waals surface area (Å²) in [5, 5.41) is 15.4. The number of nitrogens with one attached hydrogen (secondary N) is 1. The molecule has 0 fully saturated rings. The van der Waals surface area contributed by atoms with Gasteiger partial charge in [0.15, 0.2) is 5.84 Å². The predicted octanol–water partition coefficient (Wildman–Crippen LogP) is 2.94. The van der Waals surface area contributed by atoms with Gasteiger partial charge in [0.05, 0.1) is 0 Å². The van der Waals surface area contributed by atoms with E-state index in [9.17, 15) is 0 Å². The summed E-state index contributed by atoms with van der Waals surface area (Å²) >= 11 is 0. The van der Waals surface area contributed by atoms with Crippen molar-refractivity contribution >= 4 is 5.84 Å². The van der Waals surface area contributed by atoms with Crippen LogP contribution >= 0.6 is 0 Å². The van der Waals surface area contributed by atoms with E-state index in [4.69, 9.17) is 10.9 Å². The van der Waals surface area contributed by atoms with Crippen LogP contribution in [0.5, 0.6) is 0 Å². The number of nitrogens with two attached hydrogens (primary N) is 1. The highest BCUT2D eigenvalue weighted by molar-refractivity contribution is 5.98. The molecule has 0 amide bonds. The lowest BCUT2D eigenvalue weighted by atomic mass is 10.0. The maximum Gasteiger partial charge on any atom is 0.170 e. The summed E-state index contributed by atoms with van der Waals surface area (Å²) in [6.07, 6.45) is 0. The molecule has 0 unspecified atom stereocenters. The van der Waals surface area contributed by atoms with Gasteiger partial charge in [0.25, 0.3) is 0 Å². The molecular weight excluding hydrogens is 262 g/mol. The maximum absolute atomic E-state index is 8.84. The number of aryl methyl sites for hydroxylation is 1. The molecular formula is C17H21N3O. The van der Waals surface area contributed by atoms with Gasteiger partial charge in [-0.2, -0.15) is 0 Å². The van der Waals surface area contributed by atoms with Gasteiger partial charge in [-0.1, -0.05) is 59.3 Å². The normalized spacial score (nSPS) is 13.1. The smallest absolute Gasteiger partial charge is 0.170 e. The number of amidine groups is 1. The molecule has 4 nitrogen and oxygen atoms in total. The molecule has 2 rings (SSSR count). The molecule has 0 bridgehead atoms. The summed E-state index contributed by atoms with van der Waals surface area (Å²) in [4.78, 5) is 0. The van der Waals surface area contributed by atoms with Gasteiger partial charge in [-0.15, -0.1) is 0 Å². The monoisotopic (exact) mass is 283 g/mol. The van der Waals surface area contributed by atoms with E-state index in [1.165, 1.54) is 11.1 Å². The standard InChI is InChI=1S/C17H21N3O/c1-12-7-9-14(10-8-12)13(2)19-11-15-5-3-4-6-16(15)17(18)20-21/h3-10,13,19,21H,11H2,1-2H3,(H2,18,20)/t13-/m1/s1. The van der Waals surface area contributed by atoms with Crippen LogP contribution in [-0.4, -0.2) is 11.0 Å². The molecule has 0 saturated carbocycles. The first-order chi connectivity index (χ1) is 10.1. The Morgan fingerprint density at radius 1 is 1.19 bits per heavy atom. The van der Waals surface area contributed by atoms with Crippen molar-refractivity contribution in [3.63, 3.8) is 0 Å². The molecule has 0 aliphatic heterocycles. The van der Waals surface area contributed by atoms with Crippen LogP contribution in [0.4, 0.5) is 0 Å². The van der Waals surface area contributed by atoms with Crippen molar-refractivity contribution < 1.29 is 5.21 Å². The Kier molecular flexibility index (Phi) is 4.95. The highest BCUT2D eigenvalue weighted by atomic mass is 16.4. The van der Waals surface area contributed by atoms with Gasteiger partial charge < -0.3 is 16.3 Å². The van der Waals surface area contributed by atoms with Crippen molar-refractivity contribution in [1.82, 2.24) is 5.32 Å². The van der Waals surface area contributed by atoms with Crippen molar-refractivity contribution in [3.8, 4) is 0 Å². The van der Waals surface area contributed by atoms with Crippen molar-refractivity contribution in [2.75, 3.05) is 0 Å². The van der Waals surface area contributed by atoms with E-state index in [2.05, 4.69) is 48.6 Å². The number of rotatable bonds is 5. The van der Waals surface area contributed by atoms with Gasteiger partial charge in [0.2, 0.25) is 0 Å². The van der Waals surface area contributed by atoms with Gasteiger partial charge >= 0.3 is 0 Å². The van der Waals surface area contributed by atoms with Crippen molar-refractivity contribution in [3.05, 3.63) is 70.8 Å². The summed E-state index contributed by atoms with van der Waals surface area (Å²) < 4.78 is 0. The molecule has 0 heterocycles. The molecule has 2 aromatic rings. The van der Waals surface area contributed by atoms with Gasteiger partial charge in [0.1, 0.15) is 0 Å². The van der Waals surface area contributed by atoms with Crippen molar-refractivity contribution in [2.45, 2.75) is 26.4 Å². The van der Waals surface area contributed by atoms with Crippen LogP contribution in [0.2, 0.25) is 0 Å². The second-order valence-corrected chi connectivity index (χ2v) is 5.16. The van der Waals surface area contributed by atoms with E-state index in [1.807, 2.05) is 24.3 Å². The largest absolute Gasteiger partial charge is 0.409 e. The SMILES string of the molecule is Cc1ccc([C@@H](C)NCc2ccccc2/C(N)=N/O)cc1. The first-order valence-electron chi connectivity index (χ1n) is 6.97.